The second-order valence-electron chi connectivity index (χ2n) is 4.19. The zero-order valence-corrected chi connectivity index (χ0v) is 12.6. The van der Waals surface area contributed by atoms with E-state index in [0.717, 1.165) is 0 Å². The van der Waals surface area contributed by atoms with Crippen LogP contribution in [-0.4, -0.2) is 50.1 Å². The summed E-state index contributed by atoms with van der Waals surface area (Å²) >= 11 is 5.13. The molecule has 0 spiro atoms. The minimum Gasteiger partial charge on any atom is -0.465 e. The van der Waals surface area contributed by atoms with Gasteiger partial charge in [0.05, 0.1) is 12.7 Å². The minimum absolute atomic E-state index is 0.276. The Hall–Kier alpha value is -2.15. The summed E-state index contributed by atoms with van der Waals surface area (Å²) < 4.78 is 4.67. The second kappa shape index (κ2) is 6.85. The summed E-state index contributed by atoms with van der Waals surface area (Å²) in [6.07, 6.45) is 0. The Morgan fingerprint density at radius 3 is 2.30 bits per heavy atom. The van der Waals surface area contributed by atoms with E-state index in [9.17, 15) is 9.59 Å². The number of methoxy groups -OCH3 is 1. The van der Waals surface area contributed by atoms with Crippen molar-refractivity contribution in [2.75, 3.05) is 33.6 Å². The van der Waals surface area contributed by atoms with Crippen LogP contribution in [0.2, 0.25) is 0 Å². The van der Waals surface area contributed by atoms with E-state index in [-0.39, 0.29) is 11.5 Å². The Labute approximate surface area is 123 Å². The topological polar surface area (TPSA) is 70.7 Å². The molecule has 0 fully saturated rings. The maximum Gasteiger partial charge on any atom is 0.337 e. The normalized spacial score (nSPS) is 9.60. The van der Waals surface area contributed by atoms with Gasteiger partial charge in [0.2, 0.25) is 0 Å². The van der Waals surface area contributed by atoms with Crippen molar-refractivity contribution in [3.63, 3.8) is 0 Å². The fraction of sp³-hybridized carbons (Fsp3) is 0.308. The van der Waals surface area contributed by atoms with Crippen molar-refractivity contribution in [1.82, 2.24) is 10.2 Å². The van der Waals surface area contributed by atoms with Crippen LogP contribution >= 0.6 is 12.2 Å². The number of carbonyl (C=O) groups excluding carboxylic acids is 2. The van der Waals surface area contributed by atoms with Gasteiger partial charge < -0.3 is 20.3 Å². The summed E-state index contributed by atoms with van der Waals surface area (Å²) in [4.78, 5) is 25.0. The lowest BCUT2D eigenvalue weighted by atomic mass is 10.1. The molecule has 108 valence electrons. The van der Waals surface area contributed by atoms with Crippen LogP contribution in [0.5, 0.6) is 0 Å². The van der Waals surface area contributed by atoms with Crippen LogP contribution < -0.4 is 10.6 Å². The molecule has 1 amide bonds. The minimum atomic E-state index is -0.519. The maximum atomic E-state index is 11.7. The van der Waals surface area contributed by atoms with E-state index in [1.165, 1.54) is 20.2 Å². The van der Waals surface area contributed by atoms with E-state index in [1.54, 1.807) is 31.1 Å². The van der Waals surface area contributed by atoms with Crippen LogP contribution in [0.25, 0.3) is 0 Å². The molecule has 20 heavy (non-hydrogen) atoms. The van der Waals surface area contributed by atoms with Gasteiger partial charge in [0, 0.05) is 32.4 Å². The molecule has 0 aliphatic rings. The van der Waals surface area contributed by atoms with Crippen LogP contribution in [0.15, 0.2) is 18.2 Å². The van der Waals surface area contributed by atoms with Crippen LogP contribution in [0.3, 0.4) is 0 Å². The van der Waals surface area contributed by atoms with Gasteiger partial charge in [-0.25, -0.2) is 4.79 Å². The fourth-order valence-electron chi connectivity index (χ4n) is 1.45. The average Bonchev–Trinajstić information content (AvgIpc) is 2.44. The number of amides is 1. The average molecular weight is 295 g/mol. The molecule has 0 saturated heterocycles. The highest BCUT2D eigenvalue weighted by Crippen LogP contribution is 2.16. The first kappa shape index (κ1) is 15.9. The van der Waals surface area contributed by atoms with Crippen molar-refractivity contribution in [3.05, 3.63) is 29.3 Å². The monoisotopic (exact) mass is 295 g/mol. The first-order valence-electron chi connectivity index (χ1n) is 5.82. The van der Waals surface area contributed by atoms with E-state index < -0.39 is 5.97 Å². The summed E-state index contributed by atoms with van der Waals surface area (Å²) in [6, 6.07) is 4.66. The number of thiocarbonyl (C=S) groups is 1. The number of carbonyl (C=O) groups is 2. The van der Waals surface area contributed by atoms with Crippen molar-refractivity contribution >= 4 is 34.9 Å². The molecule has 7 heteroatoms. The molecule has 2 N–H and O–H groups in total. The largest absolute Gasteiger partial charge is 0.465 e. The third-order valence-corrected chi connectivity index (χ3v) is 2.97. The van der Waals surface area contributed by atoms with Crippen molar-refractivity contribution in [2.24, 2.45) is 0 Å². The van der Waals surface area contributed by atoms with Gasteiger partial charge in [0.15, 0.2) is 5.11 Å². The van der Waals surface area contributed by atoms with Gasteiger partial charge >= 0.3 is 5.97 Å². The third-order valence-electron chi connectivity index (χ3n) is 2.50. The van der Waals surface area contributed by atoms with Crippen LogP contribution in [0, 0.1) is 0 Å². The number of benzene rings is 1. The van der Waals surface area contributed by atoms with Gasteiger partial charge in [-0.2, -0.15) is 0 Å². The number of hydrogen-bond donors (Lipinski definition) is 2. The molecule has 0 atom stereocenters. The number of esters is 1. The Bertz CT molecular complexity index is 509. The van der Waals surface area contributed by atoms with Gasteiger partial charge in [0.25, 0.3) is 5.91 Å². The summed E-state index contributed by atoms with van der Waals surface area (Å²) in [5.41, 5.74) is 1.17. The van der Waals surface area contributed by atoms with Gasteiger partial charge in [-0.1, -0.05) is 0 Å². The molecule has 0 aromatic heterocycles. The Kier molecular flexibility index (Phi) is 5.45. The standard InChI is InChI=1S/C13H17N3O3S/c1-14-11(17)8-5-9(12(18)19-4)7-10(6-8)15-13(20)16(2)3/h5-7H,1-4H3,(H,14,17)(H,15,20). The molecule has 0 saturated carbocycles. The lowest BCUT2D eigenvalue weighted by molar-refractivity contribution is 0.0601. The van der Waals surface area contributed by atoms with Crippen molar-refractivity contribution < 1.29 is 14.3 Å². The van der Waals surface area contributed by atoms with Crippen LogP contribution in [0.1, 0.15) is 20.7 Å². The molecule has 1 aromatic rings. The lowest BCUT2D eigenvalue weighted by Gasteiger charge is -2.16. The molecule has 6 nitrogen and oxygen atoms in total. The Morgan fingerprint density at radius 2 is 1.80 bits per heavy atom. The van der Waals surface area contributed by atoms with Gasteiger partial charge in [-0.15, -0.1) is 0 Å². The molecular formula is C13H17N3O3S. The van der Waals surface area contributed by atoms with E-state index >= 15 is 0 Å². The second-order valence-corrected chi connectivity index (χ2v) is 4.58. The highest BCUT2D eigenvalue weighted by Gasteiger charge is 2.13. The zero-order chi connectivity index (χ0) is 15.3. The van der Waals surface area contributed by atoms with E-state index in [1.807, 2.05) is 0 Å². The lowest BCUT2D eigenvalue weighted by Crippen LogP contribution is -2.27. The number of nitrogens with zero attached hydrogens (tertiary/aromatic N) is 1. The summed E-state index contributed by atoms with van der Waals surface area (Å²) in [5, 5.41) is 5.92. The first-order valence-corrected chi connectivity index (χ1v) is 6.23. The van der Waals surface area contributed by atoms with E-state index in [4.69, 9.17) is 12.2 Å². The number of nitrogens with one attached hydrogen (secondary N) is 2. The van der Waals surface area contributed by atoms with Crippen molar-refractivity contribution in [3.8, 4) is 0 Å². The van der Waals surface area contributed by atoms with Gasteiger partial charge in [-0.3, -0.25) is 4.79 Å². The smallest absolute Gasteiger partial charge is 0.337 e. The molecule has 0 aliphatic carbocycles. The summed E-state index contributed by atoms with van der Waals surface area (Å²) in [7, 11) is 6.38. The van der Waals surface area contributed by atoms with Crippen LogP contribution in [-0.2, 0) is 4.74 Å². The van der Waals surface area contributed by atoms with E-state index in [0.29, 0.717) is 16.4 Å². The SMILES string of the molecule is CNC(=O)c1cc(NC(=S)N(C)C)cc(C(=O)OC)c1. The van der Waals surface area contributed by atoms with Gasteiger partial charge in [-0.05, 0) is 30.4 Å². The number of hydrogen-bond acceptors (Lipinski definition) is 4. The molecule has 1 rings (SSSR count). The predicted molar refractivity (Wildman–Crippen MR) is 81.1 cm³/mol. The first-order chi connectivity index (χ1) is 9.38. The molecule has 0 unspecified atom stereocenters. The predicted octanol–water partition coefficient (Wildman–Crippen LogP) is 1.09. The summed E-state index contributed by atoms with van der Waals surface area (Å²) in [6.45, 7) is 0. The number of ether oxygens (including phenoxy) is 1. The number of rotatable bonds is 3. The summed E-state index contributed by atoms with van der Waals surface area (Å²) in [5.74, 6) is -0.816. The Morgan fingerprint density at radius 1 is 1.20 bits per heavy atom. The van der Waals surface area contributed by atoms with E-state index in [2.05, 4.69) is 15.4 Å². The molecule has 1 aromatic carbocycles. The highest BCUT2D eigenvalue weighted by atomic mass is 32.1. The number of anilines is 1. The quantitative estimate of drug-likeness (QED) is 0.642. The molecule has 0 bridgehead atoms. The molecular weight excluding hydrogens is 278 g/mol. The Balaban J connectivity index is 3.19. The zero-order valence-electron chi connectivity index (χ0n) is 11.8. The fourth-order valence-corrected chi connectivity index (χ4v) is 1.56. The van der Waals surface area contributed by atoms with Crippen LogP contribution in [0.4, 0.5) is 5.69 Å². The van der Waals surface area contributed by atoms with Gasteiger partial charge in [0.1, 0.15) is 0 Å². The molecule has 0 heterocycles. The van der Waals surface area contributed by atoms with Crippen molar-refractivity contribution in [1.29, 1.82) is 0 Å². The van der Waals surface area contributed by atoms with Crippen molar-refractivity contribution in [2.45, 2.75) is 0 Å². The third kappa shape index (κ3) is 3.92. The highest BCUT2D eigenvalue weighted by molar-refractivity contribution is 7.80. The molecule has 0 radical (unpaired) electrons. The molecule has 0 aliphatic heterocycles. The maximum absolute atomic E-state index is 11.7.